The maximum absolute atomic E-state index is 12.9. The predicted octanol–water partition coefficient (Wildman–Crippen LogP) is 5.98. The Balaban J connectivity index is 1.35. The van der Waals surface area contributed by atoms with Crippen molar-refractivity contribution in [2.75, 3.05) is 19.7 Å². The zero-order valence-electron chi connectivity index (χ0n) is 23.1. The summed E-state index contributed by atoms with van der Waals surface area (Å²) in [5.74, 6) is 0.391. The largest absolute Gasteiger partial charge is 0.450 e. The monoisotopic (exact) mass is 529 g/mol. The fraction of sp³-hybridized carbons (Fsp3) is 0.400. The van der Waals surface area contributed by atoms with Gasteiger partial charge >= 0.3 is 6.09 Å². The maximum Gasteiger partial charge on any atom is 0.409 e. The van der Waals surface area contributed by atoms with E-state index in [1.54, 1.807) is 11.8 Å². The molecule has 2 amide bonds. The molecule has 0 spiro atoms. The summed E-state index contributed by atoms with van der Waals surface area (Å²) in [4.78, 5) is 39.1. The molecule has 1 aliphatic rings. The third-order valence-electron chi connectivity index (χ3n) is 7.13. The second kappa shape index (κ2) is 10.9. The molecule has 1 aliphatic heterocycles. The number of ether oxygens (including phenoxy) is 1. The minimum atomic E-state index is -0.304. The molecule has 2 N–H and O–H groups in total. The first-order valence-electron chi connectivity index (χ1n) is 13.5. The van der Waals surface area contributed by atoms with Gasteiger partial charge in [0.1, 0.15) is 6.26 Å². The van der Waals surface area contributed by atoms with Crippen molar-refractivity contribution < 1.29 is 18.7 Å². The summed E-state index contributed by atoms with van der Waals surface area (Å²) < 4.78 is 10.8. The Kier molecular flexibility index (Phi) is 7.41. The van der Waals surface area contributed by atoms with E-state index in [1.165, 1.54) is 11.8 Å². The normalized spacial score (nSPS) is 14.3. The zero-order chi connectivity index (χ0) is 27.7. The van der Waals surface area contributed by atoms with Crippen LogP contribution in [0.3, 0.4) is 0 Å². The number of nitrogens with zero attached hydrogens (tertiary/aromatic N) is 3. The Hall–Kier alpha value is -4.14. The van der Waals surface area contributed by atoms with Gasteiger partial charge in [0, 0.05) is 52.5 Å². The van der Waals surface area contributed by atoms with Crippen molar-refractivity contribution in [3.05, 3.63) is 59.2 Å². The molecule has 5 rings (SSSR count). The molecule has 1 saturated heterocycles. The van der Waals surface area contributed by atoms with Crippen molar-refractivity contribution in [2.45, 2.75) is 59.4 Å². The van der Waals surface area contributed by atoms with Gasteiger partial charge in [-0.25, -0.2) is 9.78 Å². The van der Waals surface area contributed by atoms with Crippen molar-refractivity contribution in [3.8, 4) is 22.7 Å². The Labute approximate surface area is 228 Å². The summed E-state index contributed by atoms with van der Waals surface area (Å²) in [6.07, 6.45) is 2.42. The number of carbonyl (C=O) groups is 2. The number of nitrogens with one attached hydrogen (secondary N) is 2. The van der Waals surface area contributed by atoms with Crippen molar-refractivity contribution >= 4 is 22.9 Å². The number of benzene rings is 1. The van der Waals surface area contributed by atoms with E-state index < -0.39 is 0 Å². The van der Waals surface area contributed by atoms with E-state index in [4.69, 9.17) is 9.15 Å². The number of aromatic nitrogens is 3. The quantitative estimate of drug-likeness (QED) is 0.318. The van der Waals surface area contributed by atoms with Gasteiger partial charge in [-0.2, -0.15) is 0 Å². The minimum absolute atomic E-state index is 0.0352. The third-order valence-corrected chi connectivity index (χ3v) is 7.13. The molecule has 0 saturated carbocycles. The van der Waals surface area contributed by atoms with Gasteiger partial charge in [0.2, 0.25) is 5.89 Å². The smallest absolute Gasteiger partial charge is 0.409 e. The number of piperidine rings is 1. The zero-order valence-corrected chi connectivity index (χ0v) is 23.1. The van der Waals surface area contributed by atoms with Gasteiger partial charge < -0.3 is 24.4 Å². The Morgan fingerprint density at radius 3 is 2.49 bits per heavy atom. The molecule has 0 aliphatic carbocycles. The van der Waals surface area contributed by atoms with E-state index in [0.717, 1.165) is 39.1 Å². The highest BCUT2D eigenvalue weighted by atomic mass is 16.6. The lowest BCUT2D eigenvalue weighted by atomic mass is 9.95. The molecule has 0 radical (unpaired) electrons. The first kappa shape index (κ1) is 26.5. The molecule has 0 atom stereocenters. The number of oxazole rings is 1. The van der Waals surface area contributed by atoms with Crippen molar-refractivity contribution in [3.63, 3.8) is 0 Å². The molecule has 1 aromatic carbocycles. The number of hydrogen-bond acceptors (Lipinski definition) is 6. The van der Waals surface area contributed by atoms with Crippen LogP contribution in [0.5, 0.6) is 0 Å². The van der Waals surface area contributed by atoms with Crippen LogP contribution in [0.2, 0.25) is 0 Å². The van der Waals surface area contributed by atoms with E-state index in [0.29, 0.717) is 38.4 Å². The lowest BCUT2D eigenvalue weighted by Crippen LogP contribution is -2.46. The highest BCUT2D eigenvalue weighted by Crippen LogP contribution is 2.37. The fourth-order valence-electron chi connectivity index (χ4n) is 5.34. The van der Waals surface area contributed by atoms with Gasteiger partial charge in [0.05, 0.1) is 12.3 Å². The Bertz CT molecular complexity index is 1490. The SMILES string of the molecule is CCOC(=O)N1CCC(NC(=O)c2coc(-c3ccc4[nH]c(-c5cc(C)nc(C)c5)c(C(C)C)c4c3)n2)CC1. The molecule has 0 bridgehead atoms. The number of aryl methyl sites for hydroxylation is 2. The van der Waals surface area contributed by atoms with Crippen LogP contribution in [0.1, 0.15) is 67.0 Å². The topological polar surface area (TPSA) is 113 Å². The van der Waals surface area contributed by atoms with Crippen LogP contribution in [-0.4, -0.2) is 57.6 Å². The average Bonchev–Trinajstić information content (AvgIpc) is 3.54. The van der Waals surface area contributed by atoms with Crippen molar-refractivity contribution in [2.24, 2.45) is 0 Å². The molecule has 39 heavy (non-hydrogen) atoms. The number of likely N-dealkylation sites (tertiary alicyclic amines) is 1. The average molecular weight is 530 g/mol. The summed E-state index contributed by atoms with van der Waals surface area (Å²) >= 11 is 0. The Morgan fingerprint density at radius 1 is 1.10 bits per heavy atom. The van der Waals surface area contributed by atoms with Crippen LogP contribution < -0.4 is 5.32 Å². The second-order valence-electron chi connectivity index (χ2n) is 10.4. The van der Waals surface area contributed by atoms with Gasteiger partial charge in [-0.3, -0.25) is 9.78 Å². The van der Waals surface area contributed by atoms with Crippen LogP contribution in [0.25, 0.3) is 33.6 Å². The highest BCUT2D eigenvalue weighted by molar-refractivity contribution is 5.95. The lowest BCUT2D eigenvalue weighted by Gasteiger charge is -2.31. The van der Waals surface area contributed by atoms with Crippen LogP contribution in [0, 0.1) is 13.8 Å². The number of H-pyrrole nitrogens is 1. The number of hydrogen-bond donors (Lipinski definition) is 2. The van der Waals surface area contributed by atoms with Crippen LogP contribution in [-0.2, 0) is 4.74 Å². The summed E-state index contributed by atoms with van der Waals surface area (Å²) in [6.45, 7) is 11.6. The van der Waals surface area contributed by atoms with Gasteiger partial charge in [-0.05, 0) is 75.4 Å². The number of pyridine rings is 1. The molecule has 9 nitrogen and oxygen atoms in total. The molecule has 4 aromatic rings. The summed E-state index contributed by atoms with van der Waals surface area (Å²) in [6, 6.07) is 10.2. The molecular weight excluding hydrogens is 494 g/mol. The van der Waals surface area contributed by atoms with E-state index in [9.17, 15) is 9.59 Å². The Morgan fingerprint density at radius 2 is 1.82 bits per heavy atom. The number of fused-ring (bicyclic) bond motifs is 1. The standard InChI is InChI=1S/C30H35N5O4/c1-6-38-30(37)35-11-9-22(10-12-35)32-28(36)25-16-39-29(34-25)20-7-8-24-23(15-20)26(17(2)3)27(33-24)21-13-18(4)31-19(5)14-21/h7-8,13-17,22,33H,6,9-12H2,1-5H3,(H,32,36). The van der Waals surface area contributed by atoms with Crippen LogP contribution in [0.15, 0.2) is 41.0 Å². The fourth-order valence-corrected chi connectivity index (χ4v) is 5.34. The van der Waals surface area contributed by atoms with Gasteiger partial charge in [-0.15, -0.1) is 0 Å². The molecule has 204 valence electrons. The van der Waals surface area contributed by atoms with Crippen LogP contribution >= 0.6 is 0 Å². The van der Waals surface area contributed by atoms with E-state index in [-0.39, 0.29) is 29.7 Å². The molecule has 9 heteroatoms. The van der Waals surface area contributed by atoms with Crippen LogP contribution in [0.4, 0.5) is 4.79 Å². The number of carbonyl (C=O) groups excluding carboxylic acids is 2. The molecule has 1 fully saturated rings. The maximum atomic E-state index is 12.9. The molecule has 4 heterocycles. The summed E-state index contributed by atoms with van der Waals surface area (Å²) in [5, 5.41) is 4.12. The predicted molar refractivity (Wildman–Crippen MR) is 150 cm³/mol. The van der Waals surface area contributed by atoms with Gasteiger partial charge in [0.15, 0.2) is 5.69 Å². The summed E-state index contributed by atoms with van der Waals surface area (Å²) in [5.41, 5.74) is 7.46. The summed E-state index contributed by atoms with van der Waals surface area (Å²) in [7, 11) is 0. The molecular formula is C30H35N5O4. The molecule has 0 unspecified atom stereocenters. The first-order valence-corrected chi connectivity index (χ1v) is 13.5. The highest BCUT2D eigenvalue weighted by Gasteiger charge is 2.26. The first-order chi connectivity index (χ1) is 18.7. The van der Waals surface area contributed by atoms with E-state index in [1.807, 2.05) is 26.0 Å². The minimum Gasteiger partial charge on any atom is -0.450 e. The van der Waals surface area contributed by atoms with E-state index in [2.05, 4.69) is 52.3 Å². The number of rotatable bonds is 6. The van der Waals surface area contributed by atoms with E-state index >= 15 is 0 Å². The van der Waals surface area contributed by atoms with Gasteiger partial charge in [0.25, 0.3) is 5.91 Å². The molecule has 3 aromatic heterocycles. The number of amides is 2. The second-order valence-corrected chi connectivity index (χ2v) is 10.4. The van der Waals surface area contributed by atoms with Gasteiger partial charge in [-0.1, -0.05) is 13.8 Å². The lowest BCUT2D eigenvalue weighted by molar-refractivity contribution is 0.0856. The third kappa shape index (κ3) is 5.53. The van der Waals surface area contributed by atoms with Crippen molar-refractivity contribution in [1.82, 2.24) is 25.2 Å². The number of aromatic amines is 1. The van der Waals surface area contributed by atoms with Crippen molar-refractivity contribution in [1.29, 1.82) is 0 Å².